The van der Waals surface area contributed by atoms with Crippen LogP contribution in [0.5, 0.6) is 0 Å². The van der Waals surface area contributed by atoms with Crippen LogP contribution >= 0.6 is 0 Å². The smallest absolute Gasteiger partial charge is 0.116 e. The van der Waals surface area contributed by atoms with Crippen LogP contribution < -0.4 is 0 Å². The largest absolute Gasteiger partial charge is 0.244 e. The van der Waals surface area contributed by atoms with Gasteiger partial charge in [0.15, 0.2) is 0 Å². The van der Waals surface area contributed by atoms with Crippen molar-refractivity contribution in [1.29, 1.82) is 0 Å². The van der Waals surface area contributed by atoms with Crippen molar-refractivity contribution < 1.29 is 0 Å². The average molecular weight is 232 g/mol. The lowest BCUT2D eigenvalue weighted by atomic mass is 10.0. The number of hydrogen-bond acceptors (Lipinski definition) is 4. The minimum absolute atomic E-state index is 0.876. The van der Waals surface area contributed by atoms with Crippen LogP contribution in [0.1, 0.15) is 0 Å². The summed E-state index contributed by atoms with van der Waals surface area (Å²) in [4.78, 5) is 16.9. The Balaban J connectivity index is 2.46. The van der Waals surface area contributed by atoms with Gasteiger partial charge in [0.2, 0.25) is 0 Å². The van der Waals surface area contributed by atoms with Gasteiger partial charge in [0.25, 0.3) is 0 Å². The summed E-state index contributed by atoms with van der Waals surface area (Å²) >= 11 is 0. The topological polar surface area (TPSA) is 51.6 Å². The lowest BCUT2D eigenvalue weighted by molar-refractivity contribution is 1.20. The minimum Gasteiger partial charge on any atom is -0.244 e. The number of fused-ring (bicyclic) bond motifs is 6. The van der Waals surface area contributed by atoms with Crippen molar-refractivity contribution in [2.24, 2.45) is 0 Å². The molecule has 4 aromatic rings. The lowest BCUT2D eigenvalue weighted by Gasteiger charge is -2.06. The molecule has 4 rings (SSSR count). The van der Waals surface area contributed by atoms with Crippen molar-refractivity contribution in [3.63, 3.8) is 0 Å². The first kappa shape index (κ1) is 9.41. The fourth-order valence-corrected chi connectivity index (χ4v) is 2.38. The zero-order chi connectivity index (χ0) is 11.9. The molecule has 0 radical (unpaired) electrons. The number of rotatable bonds is 0. The van der Waals surface area contributed by atoms with Crippen LogP contribution in [0.25, 0.3) is 32.6 Å². The van der Waals surface area contributed by atoms with Crippen molar-refractivity contribution in [1.82, 2.24) is 19.9 Å². The van der Waals surface area contributed by atoms with Gasteiger partial charge in [0.1, 0.15) is 23.7 Å². The van der Waals surface area contributed by atoms with Gasteiger partial charge in [-0.15, -0.1) is 0 Å². The standard InChI is InChI=1S/C14H8N4/c1-2-4-10-9(3-1)11-5-15-7-17-13(11)14-12(10)6-16-8-18-14/h1-8H. The van der Waals surface area contributed by atoms with Gasteiger partial charge in [-0.1, -0.05) is 24.3 Å². The summed E-state index contributed by atoms with van der Waals surface area (Å²) in [5.41, 5.74) is 1.75. The van der Waals surface area contributed by atoms with Gasteiger partial charge in [0, 0.05) is 23.2 Å². The summed E-state index contributed by atoms with van der Waals surface area (Å²) < 4.78 is 0. The maximum atomic E-state index is 4.36. The van der Waals surface area contributed by atoms with Crippen molar-refractivity contribution in [3.8, 4) is 0 Å². The van der Waals surface area contributed by atoms with Crippen LogP contribution in [0, 0.1) is 0 Å². The van der Waals surface area contributed by atoms with Crippen LogP contribution in [0.2, 0.25) is 0 Å². The Labute approximate surface area is 102 Å². The van der Waals surface area contributed by atoms with Gasteiger partial charge in [0.05, 0.1) is 0 Å². The zero-order valence-electron chi connectivity index (χ0n) is 9.41. The maximum absolute atomic E-state index is 4.36. The highest BCUT2D eigenvalue weighted by Crippen LogP contribution is 2.31. The van der Waals surface area contributed by atoms with E-state index in [1.807, 2.05) is 24.5 Å². The maximum Gasteiger partial charge on any atom is 0.116 e. The van der Waals surface area contributed by atoms with E-state index in [-0.39, 0.29) is 0 Å². The van der Waals surface area contributed by atoms with Gasteiger partial charge in [-0.25, -0.2) is 19.9 Å². The van der Waals surface area contributed by atoms with Gasteiger partial charge in [-0.05, 0) is 10.8 Å². The quantitative estimate of drug-likeness (QED) is 0.437. The van der Waals surface area contributed by atoms with E-state index in [2.05, 4.69) is 32.1 Å². The summed E-state index contributed by atoms with van der Waals surface area (Å²) in [5.74, 6) is 0. The number of aromatic nitrogens is 4. The van der Waals surface area contributed by atoms with Crippen molar-refractivity contribution in [2.75, 3.05) is 0 Å². The molecular weight excluding hydrogens is 224 g/mol. The molecule has 0 saturated heterocycles. The summed E-state index contributed by atoms with van der Waals surface area (Å²) in [5, 5.41) is 4.32. The highest BCUT2D eigenvalue weighted by atomic mass is 14.9. The molecule has 0 aliphatic heterocycles. The molecule has 0 bridgehead atoms. The normalized spacial score (nSPS) is 11.3. The predicted molar refractivity (Wildman–Crippen MR) is 70.1 cm³/mol. The molecule has 2 aromatic heterocycles. The molecule has 0 aliphatic rings. The Bertz CT molecular complexity index is 665. The first-order valence-corrected chi connectivity index (χ1v) is 5.65. The van der Waals surface area contributed by atoms with Crippen molar-refractivity contribution in [2.45, 2.75) is 0 Å². The molecule has 0 aliphatic carbocycles. The molecular formula is C14H8N4. The lowest BCUT2D eigenvalue weighted by Crippen LogP contribution is -1.89. The summed E-state index contributed by atoms with van der Waals surface area (Å²) in [7, 11) is 0. The molecule has 0 N–H and O–H groups in total. The van der Waals surface area contributed by atoms with Crippen molar-refractivity contribution >= 4 is 32.6 Å². The van der Waals surface area contributed by atoms with E-state index < -0.39 is 0 Å². The molecule has 0 amide bonds. The molecule has 4 nitrogen and oxygen atoms in total. The summed E-state index contributed by atoms with van der Waals surface area (Å²) in [6, 6.07) is 8.19. The van der Waals surface area contributed by atoms with E-state index in [1.165, 1.54) is 0 Å². The first-order chi connectivity index (χ1) is 8.95. The van der Waals surface area contributed by atoms with Crippen LogP contribution in [-0.4, -0.2) is 19.9 Å². The predicted octanol–water partition coefficient (Wildman–Crippen LogP) is 2.73. The van der Waals surface area contributed by atoms with Crippen LogP contribution in [0.4, 0.5) is 0 Å². The first-order valence-electron chi connectivity index (χ1n) is 5.65. The number of hydrogen-bond donors (Lipinski definition) is 0. The van der Waals surface area contributed by atoms with Gasteiger partial charge >= 0.3 is 0 Å². The second-order valence-electron chi connectivity index (χ2n) is 4.12. The summed E-state index contributed by atoms with van der Waals surface area (Å²) in [6.07, 6.45) is 6.79. The Morgan fingerprint density at radius 1 is 0.611 bits per heavy atom. The fraction of sp³-hybridized carbons (Fsp3) is 0. The van der Waals surface area contributed by atoms with E-state index in [4.69, 9.17) is 0 Å². The van der Waals surface area contributed by atoms with E-state index >= 15 is 0 Å². The molecule has 2 heterocycles. The van der Waals surface area contributed by atoms with Crippen LogP contribution in [0.3, 0.4) is 0 Å². The van der Waals surface area contributed by atoms with Gasteiger partial charge in [-0.2, -0.15) is 0 Å². The van der Waals surface area contributed by atoms with E-state index in [9.17, 15) is 0 Å². The third-order valence-electron chi connectivity index (χ3n) is 3.16. The number of benzene rings is 2. The Kier molecular flexibility index (Phi) is 1.80. The molecule has 0 unspecified atom stereocenters. The van der Waals surface area contributed by atoms with E-state index in [0.29, 0.717) is 0 Å². The highest BCUT2D eigenvalue weighted by molar-refractivity contribution is 6.22. The monoisotopic (exact) mass is 232 g/mol. The molecule has 0 saturated carbocycles. The van der Waals surface area contributed by atoms with Gasteiger partial charge in [-0.3, -0.25) is 0 Å². The summed E-state index contributed by atoms with van der Waals surface area (Å²) in [6.45, 7) is 0. The highest BCUT2D eigenvalue weighted by Gasteiger charge is 2.09. The minimum atomic E-state index is 0.876. The SMILES string of the molecule is c1ccc2c(c1)c1cncnc1c1ncncc21. The molecule has 0 atom stereocenters. The molecule has 4 heteroatoms. The molecule has 84 valence electrons. The Morgan fingerprint density at radius 2 is 1.11 bits per heavy atom. The molecule has 2 aromatic carbocycles. The molecule has 0 fully saturated rings. The van der Waals surface area contributed by atoms with E-state index in [1.54, 1.807) is 12.7 Å². The third-order valence-corrected chi connectivity index (χ3v) is 3.16. The fourth-order valence-electron chi connectivity index (χ4n) is 2.38. The zero-order valence-corrected chi connectivity index (χ0v) is 9.41. The molecule has 18 heavy (non-hydrogen) atoms. The Hall–Kier alpha value is -2.62. The molecule has 0 spiro atoms. The van der Waals surface area contributed by atoms with E-state index in [0.717, 1.165) is 32.6 Å². The van der Waals surface area contributed by atoms with Crippen LogP contribution in [0.15, 0.2) is 49.3 Å². The second kappa shape index (κ2) is 3.43. The third kappa shape index (κ3) is 1.14. The number of nitrogens with zero attached hydrogens (tertiary/aromatic N) is 4. The second-order valence-corrected chi connectivity index (χ2v) is 4.12. The van der Waals surface area contributed by atoms with Crippen LogP contribution in [-0.2, 0) is 0 Å². The average Bonchev–Trinajstić information content (AvgIpc) is 2.48. The Morgan fingerprint density at radius 3 is 1.61 bits per heavy atom. The van der Waals surface area contributed by atoms with Gasteiger partial charge < -0.3 is 0 Å². The van der Waals surface area contributed by atoms with Crippen molar-refractivity contribution in [3.05, 3.63) is 49.3 Å².